The van der Waals surface area contributed by atoms with E-state index in [1.54, 1.807) is 82.4 Å². The minimum atomic E-state index is -0.774. The van der Waals surface area contributed by atoms with E-state index in [2.05, 4.69) is 20.7 Å². The number of benzene rings is 2. The van der Waals surface area contributed by atoms with Crippen molar-refractivity contribution in [2.45, 2.75) is 39.3 Å². The molecular formula is C28H26ClN7O4. The van der Waals surface area contributed by atoms with Gasteiger partial charge < -0.3 is 10.1 Å². The second kappa shape index (κ2) is 10.4. The van der Waals surface area contributed by atoms with Crippen LogP contribution in [-0.4, -0.2) is 41.8 Å². The van der Waals surface area contributed by atoms with Crippen molar-refractivity contribution in [3.63, 3.8) is 0 Å². The fraction of sp³-hybridized carbons (Fsp3) is 0.214. The highest BCUT2D eigenvalue weighted by atomic mass is 35.5. The van der Waals surface area contributed by atoms with E-state index in [1.807, 2.05) is 6.07 Å². The van der Waals surface area contributed by atoms with E-state index in [-0.39, 0.29) is 38.8 Å². The van der Waals surface area contributed by atoms with Gasteiger partial charge in [0.25, 0.3) is 11.5 Å². The smallest absolute Gasteiger partial charge is 0.413 e. The Morgan fingerprint density at radius 1 is 1.05 bits per heavy atom. The van der Waals surface area contributed by atoms with Crippen molar-refractivity contribution >= 4 is 46.0 Å². The van der Waals surface area contributed by atoms with E-state index < -0.39 is 23.6 Å². The van der Waals surface area contributed by atoms with Gasteiger partial charge in [0.1, 0.15) is 17.0 Å². The summed E-state index contributed by atoms with van der Waals surface area (Å²) in [5.74, 6) is -0.339. The number of amides is 2. The molecule has 3 aromatic heterocycles. The molecule has 11 nitrogen and oxygen atoms in total. The highest BCUT2D eigenvalue weighted by Crippen LogP contribution is 2.25. The van der Waals surface area contributed by atoms with Crippen LogP contribution in [0.3, 0.4) is 0 Å². The topological polar surface area (TPSA) is 133 Å². The number of hydrogen-bond donors (Lipinski definition) is 2. The molecule has 2 N–H and O–H groups in total. The molecule has 12 heteroatoms. The number of rotatable bonds is 5. The normalized spacial score (nSPS) is 12.3. The molecule has 5 aromatic rings. The van der Waals surface area contributed by atoms with Crippen LogP contribution in [0.25, 0.3) is 22.2 Å². The molecular weight excluding hydrogens is 534 g/mol. The first kappa shape index (κ1) is 26.8. The van der Waals surface area contributed by atoms with Crippen LogP contribution in [0.1, 0.15) is 49.9 Å². The Hall–Kier alpha value is -4.77. The molecule has 204 valence electrons. The Morgan fingerprint density at radius 3 is 2.52 bits per heavy atom. The van der Waals surface area contributed by atoms with Crippen LogP contribution in [0, 0.1) is 0 Å². The lowest BCUT2D eigenvalue weighted by Crippen LogP contribution is -2.34. The minimum absolute atomic E-state index is 0.0238. The van der Waals surface area contributed by atoms with Gasteiger partial charge in [-0.1, -0.05) is 35.9 Å². The highest BCUT2D eigenvalue weighted by molar-refractivity contribution is 6.35. The maximum Gasteiger partial charge on any atom is 0.413 e. The fourth-order valence-corrected chi connectivity index (χ4v) is 4.49. The standard InChI is InChI=1S/C28H26ClN7O4/c1-16(23-32-19-13-8-12-18(29)20(19)26(38)36(23)17-10-6-5-7-11-17)31-25(37)21-22(33-27(39)40-28(2,3)4)34-35-15-9-14-30-24(21)35/h5-16H,1-4H3,(H,31,37)(H,33,34,39)/t16-/m0/s1. The molecule has 0 radical (unpaired) electrons. The van der Waals surface area contributed by atoms with Crippen LogP contribution in [0.5, 0.6) is 0 Å². The maximum atomic E-state index is 13.7. The lowest BCUT2D eigenvalue weighted by atomic mass is 10.2. The van der Waals surface area contributed by atoms with E-state index >= 15 is 0 Å². The number of anilines is 1. The van der Waals surface area contributed by atoms with Crippen LogP contribution in [0.4, 0.5) is 10.6 Å². The van der Waals surface area contributed by atoms with Crippen molar-refractivity contribution in [3.05, 3.63) is 93.8 Å². The number of hydrogen-bond acceptors (Lipinski definition) is 7. The van der Waals surface area contributed by atoms with Crippen molar-refractivity contribution in [1.82, 2.24) is 29.5 Å². The lowest BCUT2D eigenvalue weighted by Gasteiger charge is -2.20. The van der Waals surface area contributed by atoms with E-state index in [0.29, 0.717) is 11.2 Å². The molecule has 0 fully saturated rings. The predicted octanol–water partition coefficient (Wildman–Crippen LogP) is 4.92. The minimum Gasteiger partial charge on any atom is -0.444 e. The van der Waals surface area contributed by atoms with Gasteiger partial charge in [-0.3, -0.25) is 19.5 Å². The number of nitrogens with one attached hydrogen (secondary N) is 2. The SMILES string of the molecule is C[C@H](NC(=O)c1c(NC(=O)OC(C)(C)C)nn2cccnc12)c1nc2cccc(Cl)c2c(=O)n1-c1ccccc1. The van der Waals surface area contributed by atoms with Crippen LogP contribution >= 0.6 is 11.6 Å². The Labute approximate surface area is 233 Å². The van der Waals surface area contributed by atoms with E-state index in [4.69, 9.17) is 21.3 Å². The second-order valence-corrected chi connectivity index (χ2v) is 10.4. The summed E-state index contributed by atoms with van der Waals surface area (Å²) in [5.41, 5.74) is 0.0635. The van der Waals surface area contributed by atoms with Crippen LogP contribution in [-0.2, 0) is 4.74 Å². The second-order valence-electron chi connectivity index (χ2n) is 10.0. The zero-order chi connectivity index (χ0) is 28.6. The third kappa shape index (κ3) is 5.23. The van der Waals surface area contributed by atoms with Gasteiger partial charge in [-0.2, -0.15) is 0 Å². The van der Waals surface area contributed by atoms with Gasteiger partial charge in [0.15, 0.2) is 11.5 Å². The van der Waals surface area contributed by atoms with Gasteiger partial charge >= 0.3 is 6.09 Å². The lowest BCUT2D eigenvalue weighted by molar-refractivity contribution is 0.0635. The summed E-state index contributed by atoms with van der Waals surface area (Å²) in [4.78, 5) is 48.9. The molecule has 0 spiro atoms. The molecule has 0 saturated carbocycles. The number of carbonyl (C=O) groups excluding carboxylic acids is 2. The Bertz CT molecular complexity index is 1810. The number of aromatic nitrogens is 5. The van der Waals surface area contributed by atoms with E-state index in [1.165, 1.54) is 15.3 Å². The third-order valence-electron chi connectivity index (χ3n) is 5.86. The van der Waals surface area contributed by atoms with Gasteiger partial charge in [0.05, 0.1) is 27.7 Å². The van der Waals surface area contributed by atoms with Crippen LogP contribution < -0.4 is 16.2 Å². The quantitative estimate of drug-likeness (QED) is 0.312. The van der Waals surface area contributed by atoms with Gasteiger partial charge in [0, 0.05) is 12.4 Å². The van der Waals surface area contributed by atoms with Gasteiger partial charge in [-0.15, -0.1) is 5.10 Å². The molecule has 0 saturated heterocycles. The zero-order valence-corrected chi connectivity index (χ0v) is 22.9. The number of ether oxygens (including phenoxy) is 1. The molecule has 2 amide bonds. The molecule has 1 atom stereocenters. The largest absolute Gasteiger partial charge is 0.444 e. The van der Waals surface area contributed by atoms with Gasteiger partial charge in [-0.25, -0.2) is 19.3 Å². The average molecular weight is 560 g/mol. The molecule has 0 bridgehead atoms. The monoisotopic (exact) mass is 559 g/mol. The summed E-state index contributed by atoms with van der Waals surface area (Å²) in [7, 11) is 0. The summed E-state index contributed by atoms with van der Waals surface area (Å²) in [6, 6.07) is 14.9. The summed E-state index contributed by atoms with van der Waals surface area (Å²) < 4.78 is 8.14. The van der Waals surface area contributed by atoms with Crippen molar-refractivity contribution in [1.29, 1.82) is 0 Å². The fourth-order valence-electron chi connectivity index (χ4n) is 4.24. The summed E-state index contributed by atoms with van der Waals surface area (Å²) in [6.45, 7) is 6.88. The molecule has 3 heterocycles. The van der Waals surface area contributed by atoms with Crippen LogP contribution in [0.2, 0.25) is 5.02 Å². The molecule has 0 unspecified atom stereocenters. The molecule has 0 aliphatic heterocycles. The maximum absolute atomic E-state index is 13.7. The zero-order valence-electron chi connectivity index (χ0n) is 22.2. The molecule has 5 rings (SSSR count). The number of para-hydroxylation sites is 1. The predicted molar refractivity (Wildman–Crippen MR) is 151 cm³/mol. The van der Waals surface area contributed by atoms with Crippen molar-refractivity contribution in [2.24, 2.45) is 0 Å². The average Bonchev–Trinajstić information content (AvgIpc) is 3.25. The molecule has 2 aromatic carbocycles. The highest BCUT2D eigenvalue weighted by Gasteiger charge is 2.27. The van der Waals surface area contributed by atoms with E-state index in [9.17, 15) is 14.4 Å². The van der Waals surface area contributed by atoms with Crippen molar-refractivity contribution in [3.8, 4) is 5.69 Å². The Balaban J connectivity index is 1.57. The molecule has 0 aliphatic carbocycles. The van der Waals surface area contributed by atoms with Crippen molar-refractivity contribution < 1.29 is 14.3 Å². The molecule has 40 heavy (non-hydrogen) atoms. The first-order valence-corrected chi connectivity index (χ1v) is 12.8. The van der Waals surface area contributed by atoms with Gasteiger partial charge in [-0.05, 0) is 58.0 Å². The van der Waals surface area contributed by atoms with Gasteiger partial charge in [0.2, 0.25) is 0 Å². The number of fused-ring (bicyclic) bond motifs is 2. The number of halogens is 1. The van der Waals surface area contributed by atoms with Crippen LogP contribution in [0.15, 0.2) is 71.8 Å². The van der Waals surface area contributed by atoms with Crippen molar-refractivity contribution in [2.75, 3.05) is 5.32 Å². The Morgan fingerprint density at radius 2 is 1.80 bits per heavy atom. The summed E-state index contributed by atoms with van der Waals surface area (Å²) in [5, 5.41) is 10.3. The first-order chi connectivity index (χ1) is 19.0. The number of carbonyl (C=O) groups is 2. The van der Waals surface area contributed by atoms with E-state index in [0.717, 1.165) is 0 Å². The summed E-state index contributed by atoms with van der Waals surface area (Å²) in [6.07, 6.45) is 2.34. The number of nitrogens with zero attached hydrogens (tertiary/aromatic N) is 5. The Kier molecular flexibility index (Phi) is 6.99. The first-order valence-electron chi connectivity index (χ1n) is 12.4. The third-order valence-corrected chi connectivity index (χ3v) is 6.18. The summed E-state index contributed by atoms with van der Waals surface area (Å²) >= 11 is 6.38. The molecule has 0 aliphatic rings.